The number of ether oxygens (including phenoxy) is 1. The molecule has 2 atom stereocenters. The lowest BCUT2D eigenvalue weighted by atomic mass is 10.0. The molecule has 2 rings (SSSR count). The molecule has 25 heavy (non-hydrogen) atoms. The predicted octanol–water partition coefficient (Wildman–Crippen LogP) is 4.31. The molecule has 1 amide bonds. The summed E-state index contributed by atoms with van der Waals surface area (Å²) in [6.45, 7) is 4.48. The largest absolute Gasteiger partial charge is 0.444 e. The Labute approximate surface area is 157 Å². The van der Waals surface area contributed by atoms with Crippen molar-refractivity contribution in [3.05, 3.63) is 27.5 Å². The van der Waals surface area contributed by atoms with Gasteiger partial charge < -0.3 is 9.64 Å². The molecular formula is C15H18BrClF3N3O2. The van der Waals surface area contributed by atoms with Gasteiger partial charge >= 0.3 is 12.3 Å². The number of amides is 1. The van der Waals surface area contributed by atoms with E-state index in [4.69, 9.17) is 16.3 Å². The molecule has 0 aliphatic carbocycles. The first kappa shape index (κ1) is 20.3. The lowest BCUT2D eigenvalue weighted by Crippen LogP contribution is -2.59. The number of nitrogens with one attached hydrogen (secondary N) is 1. The minimum Gasteiger partial charge on any atom is -0.444 e. The Balaban J connectivity index is 2.29. The van der Waals surface area contributed by atoms with E-state index >= 15 is 0 Å². The summed E-state index contributed by atoms with van der Waals surface area (Å²) in [5, 5.41) is 2.67. The summed E-state index contributed by atoms with van der Waals surface area (Å²) in [6, 6.07) is 0.403. The van der Waals surface area contributed by atoms with E-state index < -0.39 is 36.5 Å². The smallest absolute Gasteiger partial charge is 0.410 e. The van der Waals surface area contributed by atoms with E-state index in [2.05, 4.69) is 26.2 Å². The molecule has 0 radical (unpaired) electrons. The third-order valence-electron chi connectivity index (χ3n) is 3.44. The minimum atomic E-state index is -4.51. The van der Waals surface area contributed by atoms with Crippen molar-refractivity contribution in [1.82, 2.24) is 15.2 Å². The van der Waals surface area contributed by atoms with Crippen LogP contribution in [0.2, 0.25) is 5.15 Å². The standard InChI is InChI=1S/C15H18BrClF3N3O2/c1-14(2,3)25-13(24)23-6-9(21-10(7-23)15(18,19)20)8-4-11(16)22-12(17)5-8/h4-5,9-10,21H,6-7H2,1-3H3/t9-,10+/m0/s1. The zero-order valence-corrected chi connectivity index (χ0v) is 16.2. The zero-order valence-electron chi connectivity index (χ0n) is 13.8. The zero-order chi connectivity index (χ0) is 19.0. The van der Waals surface area contributed by atoms with Crippen LogP contribution in [0.5, 0.6) is 0 Å². The molecule has 1 N–H and O–H groups in total. The summed E-state index contributed by atoms with van der Waals surface area (Å²) >= 11 is 9.05. The molecule has 1 aromatic heterocycles. The molecule has 140 valence electrons. The number of hydrogen-bond donors (Lipinski definition) is 1. The van der Waals surface area contributed by atoms with E-state index in [0.29, 0.717) is 10.2 Å². The lowest BCUT2D eigenvalue weighted by molar-refractivity contribution is -0.167. The molecule has 5 nitrogen and oxygen atoms in total. The van der Waals surface area contributed by atoms with Gasteiger partial charge in [-0.05, 0) is 54.4 Å². The van der Waals surface area contributed by atoms with Crippen molar-refractivity contribution in [1.29, 1.82) is 0 Å². The summed E-state index contributed by atoms with van der Waals surface area (Å²) in [6.07, 6.45) is -5.29. The number of carbonyl (C=O) groups excluding carboxylic acids is 1. The maximum absolute atomic E-state index is 13.3. The number of halogens is 5. The summed E-state index contributed by atoms with van der Waals surface area (Å²) < 4.78 is 45.4. The molecule has 0 spiro atoms. The predicted molar refractivity (Wildman–Crippen MR) is 90.5 cm³/mol. The van der Waals surface area contributed by atoms with Gasteiger partial charge in [0, 0.05) is 13.1 Å². The number of nitrogens with zero attached hydrogens (tertiary/aromatic N) is 2. The van der Waals surface area contributed by atoms with E-state index in [1.807, 2.05) is 0 Å². The van der Waals surface area contributed by atoms with Crippen LogP contribution in [0.15, 0.2) is 16.7 Å². The highest BCUT2D eigenvalue weighted by Crippen LogP contribution is 2.30. The Morgan fingerprint density at radius 3 is 2.52 bits per heavy atom. The highest BCUT2D eigenvalue weighted by molar-refractivity contribution is 9.10. The average Bonchev–Trinajstić information content (AvgIpc) is 2.43. The van der Waals surface area contributed by atoms with E-state index in [1.165, 1.54) is 6.07 Å². The molecule has 0 bridgehead atoms. The normalized spacial score (nSPS) is 22.0. The van der Waals surface area contributed by atoms with Crippen LogP contribution in [0.3, 0.4) is 0 Å². The minimum absolute atomic E-state index is 0.0221. The molecule has 0 unspecified atom stereocenters. The first-order valence-electron chi connectivity index (χ1n) is 7.49. The van der Waals surface area contributed by atoms with Gasteiger partial charge in [-0.15, -0.1) is 0 Å². The maximum atomic E-state index is 13.3. The van der Waals surface area contributed by atoms with Crippen LogP contribution in [0, 0.1) is 0 Å². The lowest BCUT2D eigenvalue weighted by Gasteiger charge is -2.40. The van der Waals surface area contributed by atoms with Crippen molar-refractivity contribution in [2.24, 2.45) is 0 Å². The Morgan fingerprint density at radius 2 is 2.00 bits per heavy atom. The second kappa shape index (κ2) is 7.28. The number of piperazine rings is 1. The third-order valence-corrected chi connectivity index (χ3v) is 4.04. The molecule has 1 aliphatic heterocycles. The average molecular weight is 445 g/mol. The Morgan fingerprint density at radius 1 is 1.36 bits per heavy atom. The number of alkyl halides is 3. The highest BCUT2D eigenvalue weighted by Gasteiger charge is 2.46. The summed E-state index contributed by atoms with van der Waals surface area (Å²) in [5.74, 6) is 0. The van der Waals surface area contributed by atoms with Crippen molar-refractivity contribution >= 4 is 33.6 Å². The van der Waals surface area contributed by atoms with E-state index in [1.54, 1.807) is 26.8 Å². The van der Waals surface area contributed by atoms with Gasteiger partial charge in [0.2, 0.25) is 0 Å². The number of hydrogen-bond acceptors (Lipinski definition) is 4. The van der Waals surface area contributed by atoms with Crippen LogP contribution in [0.4, 0.5) is 18.0 Å². The second-order valence-electron chi connectivity index (χ2n) is 6.74. The van der Waals surface area contributed by atoms with E-state index in [-0.39, 0.29) is 11.7 Å². The molecular weight excluding hydrogens is 427 g/mol. The maximum Gasteiger partial charge on any atom is 0.410 e. The molecule has 2 heterocycles. The SMILES string of the molecule is CC(C)(C)OC(=O)N1C[C@@H](c2cc(Cl)nc(Br)c2)N[C@@H](C(F)(F)F)C1. The monoisotopic (exact) mass is 443 g/mol. The van der Waals surface area contributed by atoms with Crippen LogP contribution < -0.4 is 5.32 Å². The van der Waals surface area contributed by atoms with Crippen molar-refractivity contribution in [3.63, 3.8) is 0 Å². The van der Waals surface area contributed by atoms with Crippen LogP contribution in [0.25, 0.3) is 0 Å². The van der Waals surface area contributed by atoms with Gasteiger partial charge in [-0.3, -0.25) is 5.32 Å². The Kier molecular flexibility index (Phi) is 5.90. The first-order valence-corrected chi connectivity index (χ1v) is 8.66. The highest BCUT2D eigenvalue weighted by atomic mass is 79.9. The van der Waals surface area contributed by atoms with Crippen LogP contribution >= 0.6 is 27.5 Å². The van der Waals surface area contributed by atoms with Crippen molar-refractivity contribution in [3.8, 4) is 0 Å². The van der Waals surface area contributed by atoms with E-state index in [9.17, 15) is 18.0 Å². The van der Waals surface area contributed by atoms with Gasteiger partial charge in [0.15, 0.2) is 0 Å². The van der Waals surface area contributed by atoms with Gasteiger partial charge in [0.1, 0.15) is 21.4 Å². The van der Waals surface area contributed by atoms with Gasteiger partial charge in [0.25, 0.3) is 0 Å². The van der Waals surface area contributed by atoms with Gasteiger partial charge in [-0.25, -0.2) is 9.78 Å². The topological polar surface area (TPSA) is 54.5 Å². The summed E-state index contributed by atoms with van der Waals surface area (Å²) in [5.41, 5.74) is -0.303. The number of carbonyl (C=O) groups is 1. The number of rotatable bonds is 1. The Hall–Kier alpha value is -1.06. The third kappa shape index (κ3) is 5.72. The Bertz CT molecular complexity index is 632. The summed E-state index contributed by atoms with van der Waals surface area (Å²) in [7, 11) is 0. The molecule has 1 saturated heterocycles. The number of aromatic nitrogens is 1. The van der Waals surface area contributed by atoms with Gasteiger partial charge in [-0.1, -0.05) is 11.6 Å². The second-order valence-corrected chi connectivity index (χ2v) is 7.94. The van der Waals surface area contributed by atoms with Crippen LogP contribution in [-0.4, -0.2) is 46.9 Å². The molecule has 1 aromatic rings. The fourth-order valence-corrected chi connectivity index (χ4v) is 3.20. The van der Waals surface area contributed by atoms with Crippen molar-refractivity contribution in [2.75, 3.05) is 13.1 Å². The quantitative estimate of drug-likeness (QED) is 0.656. The molecule has 1 aliphatic rings. The van der Waals surface area contributed by atoms with Crippen LogP contribution in [-0.2, 0) is 4.74 Å². The number of pyridine rings is 1. The summed E-state index contributed by atoms with van der Waals surface area (Å²) in [4.78, 5) is 17.2. The first-order chi connectivity index (χ1) is 11.3. The van der Waals surface area contributed by atoms with Crippen LogP contribution in [0.1, 0.15) is 32.4 Å². The molecule has 10 heteroatoms. The molecule has 0 aromatic carbocycles. The molecule has 0 saturated carbocycles. The van der Waals surface area contributed by atoms with Gasteiger partial charge in [-0.2, -0.15) is 13.2 Å². The van der Waals surface area contributed by atoms with Crippen molar-refractivity contribution < 1.29 is 22.7 Å². The van der Waals surface area contributed by atoms with E-state index in [0.717, 1.165) is 4.90 Å². The molecule has 1 fully saturated rings. The fraction of sp³-hybridized carbons (Fsp3) is 0.600. The fourth-order valence-electron chi connectivity index (χ4n) is 2.42. The van der Waals surface area contributed by atoms with Crippen molar-refractivity contribution in [2.45, 2.75) is 44.6 Å². The van der Waals surface area contributed by atoms with Gasteiger partial charge in [0.05, 0.1) is 6.04 Å².